The maximum Gasteiger partial charge on any atom is 0.150 e. The zero-order valence-corrected chi connectivity index (χ0v) is 12.3. The molecule has 0 radical (unpaired) electrons. The molecule has 2 N–H and O–H groups in total. The van der Waals surface area contributed by atoms with Crippen LogP contribution in [0.5, 0.6) is 0 Å². The lowest BCUT2D eigenvalue weighted by Crippen LogP contribution is -2.47. The highest BCUT2D eigenvalue weighted by Crippen LogP contribution is 2.32. The lowest BCUT2D eigenvalue weighted by Gasteiger charge is -2.33. The Kier molecular flexibility index (Phi) is 3.60. The largest absolute Gasteiger partial charge is 0.388 e. The van der Waals surface area contributed by atoms with Crippen LogP contribution in [0.4, 0.5) is 0 Å². The van der Waals surface area contributed by atoms with E-state index in [-0.39, 0.29) is 17.5 Å². The third kappa shape index (κ3) is 2.90. The van der Waals surface area contributed by atoms with Gasteiger partial charge in [0, 0.05) is 12.6 Å². The zero-order chi connectivity index (χ0) is 14.2. The molecular formula is C15H21NO3S. The lowest BCUT2D eigenvalue weighted by atomic mass is 9.96. The SMILES string of the molecule is O=S1(=O)CCC(O)(CN[C@@H]2CCc3ccccc32)CC1. The highest BCUT2D eigenvalue weighted by atomic mass is 32.2. The van der Waals surface area contributed by atoms with Gasteiger partial charge in [-0.25, -0.2) is 8.42 Å². The van der Waals surface area contributed by atoms with E-state index in [1.54, 1.807) is 0 Å². The molecule has 1 saturated heterocycles. The summed E-state index contributed by atoms with van der Waals surface area (Å²) in [6, 6.07) is 8.67. The molecule has 1 atom stereocenters. The van der Waals surface area contributed by atoms with Gasteiger partial charge in [-0.05, 0) is 36.8 Å². The van der Waals surface area contributed by atoms with Gasteiger partial charge in [-0.15, -0.1) is 0 Å². The maximum atomic E-state index is 11.4. The number of fused-ring (bicyclic) bond motifs is 1. The minimum Gasteiger partial charge on any atom is -0.388 e. The van der Waals surface area contributed by atoms with Gasteiger partial charge in [0.15, 0.2) is 9.84 Å². The number of aliphatic hydroxyl groups is 1. The summed E-state index contributed by atoms with van der Waals surface area (Å²) in [4.78, 5) is 0. The number of aryl methyl sites for hydroxylation is 1. The molecule has 1 aliphatic carbocycles. The summed E-state index contributed by atoms with van der Waals surface area (Å²) < 4.78 is 22.9. The summed E-state index contributed by atoms with van der Waals surface area (Å²) in [7, 11) is -2.93. The number of sulfone groups is 1. The van der Waals surface area contributed by atoms with Gasteiger partial charge >= 0.3 is 0 Å². The van der Waals surface area contributed by atoms with Gasteiger partial charge in [-0.3, -0.25) is 0 Å². The van der Waals surface area contributed by atoms with Crippen molar-refractivity contribution in [3.8, 4) is 0 Å². The van der Waals surface area contributed by atoms with Crippen LogP contribution in [-0.4, -0.2) is 37.2 Å². The molecule has 4 nitrogen and oxygen atoms in total. The smallest absolute Gasteiger partial charge is 0.150 e. The van der Waals surface area contributed by atoms with Crippen molar-refractivity contribution >= 4 is 9.84 Å². The number of rotatable bonds is 3. The number of hydrogen-bond acceptors (Lipinski definition) is 4. The predicted molar refractivity (Wildman–Crippen MR) is 78.3 cm³/mol. The van der Waals surface area contributed by atoms with Crippen LogP contribution in [-0.2, 0) is 16.3 Å². The van der Waals surface area contributed by atoms with Crippen LogP contribution in [0.25, 0.3) is 0 Å². The molecular weight excluding hydrogens is 274 g/mol. The Morgan fingerprint density at radius 2 is 1.95 bits per heavy atom. The Labute approximate surface area is 120 Å². The van der Waals surface area contributed by atoms with Crippen molar-refractivity contribution in [3.63, 3.8) is 0 Å². The molecule has 0 bridgehead atoms. The lowest BCUT2D eigenvalue weighted by molar-refractivity contribution is 0.0279. The molecule has 1 heterocycles. The molecule has 0 unspecified atom stereocenters. The number of nitrogens with one attached hydrogen (secondary N) is 1. The fourth-order valence-electron chi connectivity index (χ4n) is 3.18. The van der Waals surface area contributed by atoms with Crippen molar-refractivity contribution in [1.29, 1.82) is 0 Å². The minimum atomic E-state index is -2.93. The molecule has 3 rings (SSSR count). The van der Waals surface area contributed by atoms with Crippen molar-refractivity contribution in [2.24, 2.45) is 0 Å². The average molecular weight is 295 g/mol. The summed E-state index contributed by atoms with van der Waals surface area (Å²) in [6.07, 6.45) is 2.81. The van der Waals surface area contributed by atoms with Crippen LogP contribution in [0.2, 0.25) is 0 Å². The molecule has 0 amide bonds. The van der Waals surface area contributed by atoms with Crippen molar-refractivity contribution in [2.45, 2.75) is 37.3 Å². The topological polar surface area (TPSA) is 66.4 Å². The second kappa shape index (κ2) is 5.13. The Hall–Kier alpha value is -0.910. The molecule has 20 heavy (non-hydrogen) atoms. The van der Waals surface area contributed by atoms with Gasteiger partial charge in [0.25, 0.3) is 0 Å². The van der Waals surface area contributed by atoms with Crippen molar-refractivity contribution in [2.75, 3.05) is 18.1 Å². The summed E-state index contributed by atoms with van der Waals surface area (Å²) in [5.74, 6) is 0.207. The Morgan fingerprint density at radius 1 is 1.25 bits per heavy atom. The normalized spacial score (nSPS) is 27.1. The number of benzene rings is 1. The molecule has 110 valence electrons. The fourth-order valence-corrected chi connectivity index (χ4v) is 4.76. The van der Waals surface area contributed by atoms with Crippen molar-refractivity contribution in [1.82, 2.24) is 5.32 Å². The molecule has 2 aliphatic rings. The summed E-state index contributed by atoms with van der Waals surface area (Å²) in [5.41, 5.74) is 1.82. The fraction of sp³-hybridized carbons (Fsp3) is 0.600. The van der Waals surface area contributed by atoms with E-state index in [2.05, 4.69) is 23.5 Å². The van der Waals surface area contributed by atoms with E-state index < -0.39 is 15.4 Å². The van der Waals surface area contributed by atoms with Crippen LogP contribution in [0.15, 0.2) is 24.3 Å². The summed E-state index contributed by atoms with van der Waals surface area (Å²) in [5, 5.41) is 13.9. The van der Waals surface area contributed by atoms with Crippen LogP contribution in [0, 0.1) is 0 Å². The maximum absolute atomic E-state index is 11.4. The van der Waals surface area contributed by atoms with Gasteiger partial charge in [0.05, 0.1) is 17.1 Å². The first-order chi connectivity index (χ1) is 9.48. The average Bonchev–Trinajstić information content (AvgIpc) is 2.84. The van der Waals surface area contributed by atoms with Crippen molar-refractivity contribution < 1.29 is 13.5 Å². The predicted octanol–water partition coefficient (Wildman–Crippen LogP) is 1.20. The van der Waals surface area contributed by atoms with Crippen LogP contribution >= 0.6 is 0 Å². The van der Waals surface area contributed by atoms with Crippen LogP contribution in [0.1, 0.15) is 36.4 Å². The second-order valence-corrected chi connectivity index (χ2v) is 8.35. The van der Waals surface area contributed by atoms with Crippen molar-refractivity contribution in [3.05, 3.63) is 35.4 Å². The molecule has 5 heteroatoms. The summed E-state index contributed by atoms with van der Waals surface area (Å²) >= 11 is 0. The van der Waals surface area contributed by atoms with E-state index in [4.69, 9.17) is 0 Å². The molecule has 0 spiro atoms. The zero-order valence-electron chi connectivity index (χ0n) is 11.5. The minimum absolute atomic E-state index is 0.104. The molecule has 0 aromatic heterocycles. The molecule has 0 saturated carbocycles. The van der Waals surface area contributed by atoms with Gasteiger partial charge in [-0.2, -0.15) is 0 Å². The Morgan fingerprint density at radius 3 is 2.70 bits per heavy atom. The van der Waals surface area contributed by atoms with Crippen LogP contribution < -0.4 is 5.32 Å². The third-order valence-corrected chi connectivity index (χ3v) is 6.22. The van der Waals surface area contributed by atoms with Gasteiger partial charge in [0.1, 0.15) is 0 Å². The molecule has 1 aromatic rings. The van der Waals surface area contributed by atoms with Crippen LogP contribution in [0.3, 0.4) is 0 Å². The molecule has 1 fully saturated rings. The highest BCUT2D eigenvalue weighted by molar-refractivity contribution is 7.91. The van der Waals surface area contributed by atoms with E-state index in [9.17, 15) is 13.5 Å². The second-order valence-electron chi connectivity index (χ2n) is 6.05. The van der Waals surface area contributed by atoms with E-state index in [0.717, 1.165) is 12.8 Å². The molecule has 1 aromatic carbocycles. The van der Waals surface area contributed by atoms with Gasteiger partial charge in [-0.1, -0.05) is 24.3 Å². The summed E-state index contributed by atoms with van der Waals surface area (Å²) in [6.45, 7) is 0.474. The van der Waals surface area contributed by atoms with E-state index >= 15 is 0 Å². The number of hydrogen-bond donors (Lipinski definition) is 2. The van der Waals surface area contributed by atoms with E-state index in [1.807, 2.05) is 6.07 Å². The Balaban J connectivity index is 1.61. The van der Waals surface area contributed by atoms with E-state index in [1.165, 1.54) is 11.1 Å². The first kappa shape index (κ1) is 14.0. The van der Waals surface area contributed by atoms with Gasteiger partial charge < -0.3 is 10.4 Å². The quantitative estimate of drug-likeness (QED) is 0.879. The highest BCUT2D eigenvalue weighted by Gasteiger charge is 2.36. The first-order valence-electron chi connectivity index (χ1n) is 7.22. The van der Waals surface area contributed by atoms with Gasteiger partial charge in [0.2, 0.25) is 0 Å². The first-order valence-corrected chi connectivity index (χ1v) is 9.04. The Bertz CT molecular complexity index is 583. The standard InChI is InChI=1S/C15H21NO3S/c17-15(7-9-20(18,19)10-8-15)11-16-14-6-5-12-3-1-2-4-13(12)14/h1-4,14,16-17H,5-11H2/t14-/m1/s1. The third-order valence-electron chi connectivity index (χ3n) is 4.57. The monoisotopic (exact) mass is 295 g/mol. The molecule has 1 aliphatic heterocycles. The van der Waals surface area contributed by atoms with E-state index in [0.29, 0.717) is 19.4 Å².